The third kappa shape index (κ3) is 5.51. The monoisotopic (exact) mass is 449 g/mol. The van der Waals surface area contributed by atoms with E-state index in [-0.39, 0.29) is 24.5 Å². The summed E-state index contributed by atoms with van der Waals surface area (Å²) in [5, 5.41) is 2.91. The molecule has 2 aromatic heterocycles. The van der Waals surface area contributed by atoms with Crippen LogP contribution in [0.5, 0.6) is 5.75 Å². The van der Waals surface area contributed by atoms with E-state index in [1.54, 1.807) is 6.07 Å². The predicted molar refractivity (Wildman–Crippen MR) is 126 cm³/mol. The van der Waals surface area contributed by atoms with Crippen LogP contribution < -0.4 is 10.1 Å². The maximum Gasteiger partial charge on any atom is 0.257 e. The molecule has 0 aliphatic carbocycles. The highest BCUT2D eigenvalue weighted by Crippen LogP contribution is 2.22. The van der Waals surface area contributed by atoms with E-state index in [9.17, 15) is 9.59 Å². The number of fused-ring (bicyclic) bond motifs is 1. The molecule has 33 heavy (non-hydrogen) atoms. The molecule has 0 unspecified atom stereocenters. The van der Waals surface area contributed by atoms with Gasteiger partial charge in [0.25, 0.3) is 5.91 Å². The van der Waals surface area contributed by atoms with E-state index < -0.39 is 0 Å². The van der Waals surface area contributed by atoms with Gasteiger partial charge in [0.05, 0.1) is 17.8 Å². The standard InChI is InChI=1S/C25H31N5O3/c1-18(2)26-23(31)16-28-11-13-29(14-12-28)25(32)21-8-4-5-9-22(21)33-17-20-15-30-10-6-7-19(3)24(30)27-20/h4-10,15,18H,11-14,16-17H2,1-3H3,(H,26,31). The van der Waals surface area contributed by atoms with Gasteiger partial charge in [-0.2, -0.15) is 0 Å². The molecule has 1 aliphatic rings. The van der Waals surface area contributed by atoms with Crippen molar-refractivity contribution in [3.05, 3.63) is 65.6 Å². The Morgan fingerprint density at radius 3 is 2.58 bits per heavy atom. The number of benzene rings is 1. The predicted octanol–water partition coefficient (Wildman–Crippen LogP) is 2.50. The maximum absolute atomic E-state index is 13.2. The molecule has 3 heterocycles. The van der Waals surface area contributed by atoms with E-state index in [0.717, 1.165) is 16.9 Å². The highest BCUT2D eigenvalue weighted by molar-refractivity contribution is 5.97. The highest BCUT2D eigenvalue weighted by atomic mass is 16.5. The SMILES string of the molecule is Cc1cccn2cc(COc3ccccc3C(=O)N3CCN(CC(=O)NC(C)C)CC3)nc12. The van der Waals surface area contributed by atoms with Crippen LogP contribution in [0.25, 0.3) is 5.65 Å². The summed E-state index contributed by atoms with van der Waals surface area (Å²) in [6, 6.07) is 11.5. The molecular weight excluding hydrogens is 418 g/mol. The van der Waals surface area contributed by atoms with Crippen molar-refractivity contribution in [2.45, 2.75) is 33.4 Å². The van der Waals surface area contributed by atoms with Crippen molar-refractivity contribution in [2.75, 3.05) is 32.7 Å². The highest BCUT2D eigenvalue weighted by Gasteiger charge is 2.25. The summed E-state index contributed by atoms with van der Waals surface area (Å²) in [6.07, 6.45) is 3.91. The first-order valence-electron chi connectivity index (χ1n) is 11.4. The number of carbonyl (C=O) groups excluding carboxylic acids is 2. The number of nitrogens with one attached hydrogen (secondary N) is 1. The van der Waals surface area contributed by atoms with E-state index in [4.69, 9.17) is 4.74 Å². The first-order chi connectivity index (χ1) is 15.9. The van der Waals surface area contributed by atoms with E-state index in [0.29, 0.717) is 44.0 Å². The molecule has 4 rings (SSSR count). The molecule has 1 saturated heterocycles. The van der Waals surface area contributed by atoms with Gasteiger partial charge in [0, 0.05) is 44.6 Å². The smallest absolute Gasteiger partial charge is 0.257 e. The number of para-hydroxylation sites is 1. The second-order valence-corrected chi connectivity index (χ2v) is 8.73. The van der Waals surface area contributed by atoms with E-state index in [1.165, 1.54) is 0 Å². The molecular formula is C25H31N5O3. The van der Waals surface area contributed by atoms with Gasteiger partial charge < -0.3 is 19.4 Å². The topological polar surface area (TPSA) is 79.2 Å². The van der Waals surface area contributed by atoms with Crippen LogP contribution in [-0.2, 0) is 11.4 Å². The lowest BCUT2D eigenvalue weighted by Crippen LogP contribution is -2.51. The minimum absolute atomic E-state index is 0.0191. The minimum Gasteiger partial charge on any atom is -0.486 e. The molecule has 0 bridgehead atoms. The van der Waals surface area contributed by atoms with Gasteiger partial charge in [0.2, 0.25) is 5.91 Å². The van der Waals surface area contributed by atoms with Crippen molar-refractivity contribution >= 4 is 17.5 Å². The number of ether oxygens (including phenoxy) is 1. The number of rotatable bonds is 7. The molecule has 2 amide bonds. The van der Waals surface area contributed by atoms with Crippen molar-refractivity contribution in [3.8, 4) is 5.75 Å². The number of pyridine rings is 1. The average molecular weight is 450 g/mol. The lowest BCUT2D eigenvalue weighted by molar-refractivity contribution is -0.123. The first-order valence-corrected chi connectivity index (χ1v) is 11.4. The largest absolute Gasteiger partial charge is 0.486 e. The van der Waals surface area contributed by atoms with Crippen LogP contribution in [-0.4, -0.2) is 69.8 Å². The lowest BCUT2D eigenvalue weighted by atomic mass is 10.1. The molecule has 0 saturated carbocycles. The normalized spacial score (nSPS) is 14.6. The van der Waals surface area contributed by atoms with Crippen molar-refractivity contribution in [1.82, 2.24) is 24.5 Å². The van der Waals surface area contributed by atoms with Gasteiger partial charge in [-0.3, -0.25) is 14.5 Å². The Morgan fingerprint density at radius 2 is 1.85 bits per heavy atom. The quantitative estimate of drug-likeness (QED) is 0.600. The van der Waals surface area contributed by atoms with Gasteiger partial charge in [0.15, 0.2) is 0 Å². The number of carbonyl (C=O) groups is 2. The summed E-state index contributed by atoms with van der Waals surface area (Å²) in [5.74, 6) is 0.517. The van der Waals surface area contributed by atoms with Crippen LogP contribution in [0.15, 0.2) is 48.8 Å². The zero-order valence-corrected chi connectivity index (χ0v) is 19.5. The molecule has 0 radical (unpaired) electrons. The molecule has 174 valence electrons. The number of hydrogen-bond acceptors (Lipinski definition) is 5. The van der Waals surface area contributed by atoms with Crippen LogP contribution in [0.4, 0.5) is 0 Å². The molecule has 3 aromatic rings. The van der Waals surface area contributed by atoms with E-state index >= 15 is 0 Å². The van der Waals surface area contributed by atoms with Crippen LogP contribution in [0.2, 0.25) is 0 Å². The maximum atomic E-state index is 13.2. The Balaban J connectivity index is 1.37. The number of aryl methyl sites for hydroxylation is 1. The number of imidazole rings is 1. The second kappa shape index (κ2) is 10.0. The molecule has 1 aliphatic heterocycles. The Hall–Kier alpha value is -3.39. The summed E-state index contributed by atoms with van der Waals surface area (Å²) in [4.78, 5) is 33.8. The number of piperazine rings is 1. The number of amides is 2. The summed E-state index contributed by atoms with van der Waals surface area (Å²) < 4.78 is 8.01. The third-order valence-corrected chi connectivity index (χ3v) is 5.70. The number of nitrogens with zero attached hydrogens (tertiary/aromatic N) is 4. The minimum atomic E-state index is -0.0530. The summed E-state index contributed by atoms with van der Waals surface area (Å²) in [7, 11) is 0. The lowest BCUT2D eigenvalue weighted by Gasteiger charge is -2.34. The zero-order chi connectivity index (χ0) is 23.4. The summed E-state index contributed by atoms with van der Waals surface area (Å²) in [5.41, 5.74) is 3.35. The van der Waals surface area contributed by atoms with E-state index in [1.807, 2.05) is 72.8 Å². The first kappa shape index (κ1) is 22.8. The van der Waals surface area contributed by atoms with Gasteiger partial charge in [-0.1, -0.05) is 18.2 Å². The fraction of sp³-hybridized carbons (Fsp3) is 0.400. The molecule has 1 N–H and O–H groups in total. The molecule has 8 nitrogen and oxygen atoms in total. The van der Waals surface area contributed by atoms with Gasteiger partial charge >= 0.3 is 0 Å². The van der Waals surface area contributed by atoms with Gasteiger partial charge in [-0.05, 0) is 44.5 Å². The Kier molecular flexibility index (Phi) is 6.93. The van der Waals surface area contributed by atoms with Crippen LogP contribution in [0, 0.1) is 6.92 Å². The second-order valence-electron chi connectivity index (χ2n) is 8.73. The van der Waals surface area contributed by atoms with Gasteiger partial charge in [0.1, 0.15) is 18.0 Å². The van der Waals surface area contributed by atoms with E-state index in [2.05, 4.69) is 15.2 Å². The zero-order valence-electron chi connectivity index (χ0n) is 19.5. The van der Waals surface area contributed by atoms with Crippen LogP contribution in [0.3, 0.4) is 0 Å². The molecule has 1 fully saturated rings. The van der Waals surface area contributed by atoms with Crippen molar-refractivity contribution in [3.63, 3.8) is 0 Å². The summed E-state index contributed by atoms with van der Waals surface area (Å²) >= 11 is 0. The van der Waals surface area contributed by atoms with Crippen LogP contribution >= 0.6 is 0 Å². The third-order valence-electron chi connectivity index (χ3n) is 5.70. The fourth-order valence-corrected chi connectivity index (χ4v) is 4.04. The molecule has 0 spiro atoms. The fourth-order valence-electron chi connectivity index (χ4n) is 4.04. The van der Waals surface area contributed by atoms with Crippen LogP contribution in [0.1, 0.15) is 35.5 Å². The van der Waals surface area contributed by atoms with Gasteiger partial charge in [-0.25, -0.2) is 4.98 Å². The average Bonchev–Trinajstić information content (AvgIpc) is 3.22. The molecule has 1 aromatic carbocycles. The number of aromatic nitrogens is 2. The van der Waals surface area contributed by atoms with Crippen molar-refractivity contribution in [1.29, 1.82) is 0 Å². The Labute approximate surface area is 194 Å². The Morgan fingerprint density at radius 1 is 1.09 bits per heavy atom. The van der Waals surface area contributed by atoms with Crippen molar-refractivity contribution in [2.24, 2.45) is 0 Å². The van der Waals surface area contributed by atoms with Gasteiger partial charge in [-0.15, -0.1) is 0 Å². The Bertz CT molecular complexity index is 1130. The molecule has 0 atom stereocenters. The number of hydrogen-bond donors (Lipinski definition) is 1. The summed E-state index contributed by atoms with van der Waals surface area (Å²) in [6.45, 7) is 9.05. The van der Waals surface area contributed by atoms with Crippen molar-refractivity contribution < 1.29 is 14.3 Å². The molecule has 8 heteroatoms.